The summed E-state index contributed by atoms with van der Waals surface area (Å²) in [5.41, 5.74) is -0.253. The van der Waals surface area contributed by atoms with Crippen molar-refractivity contribution in [2.24, 2.45) is 0 Å². The van der Waals surface area contributed by atoms with Crippen LogP contribution in [0.3, 0.4) is 0 Å². The summed E-state index contributed by atoms with van der Waals surface area (Å²) < 4.78 is 26.0. The molecule has 0 aliphatic heterocycles. The largest absolute Gasteiger partial charge is 0.508 e. The molecule has 0 heterocycles. The van der Waals surface area contributed by atoms with Crippen molar-refractivity contribution in [1.82, 2.24) is 0 Å². The number of carbonyl (C=O) groups is 1. The Morgan fingerprint density at radius 1 is 1.08 bits per heavy atom. The predicted octanol–water partition coefficient (Wildman–Crippen LogP) is 1.58. The highest BCUT2D eigenvalue weighted by atomic mass is 32.2. The first-order chi connectivity index (χ1) is 11.2. The van der Waals surface area contributed by atoms with E-state index in [4.69, 9.17) is 5.11 Å². The molecule has 0 aromatic heterocycles. The number of nitrogens with zero attached hydrogens (tertiary/aromatic N) is 2. The number of non-ortho nitro benzene ring substituents is 1. The predicted molar refractivity (Wildman–Crippen MR) is 83.4 cm³/mol. The SMILES string of the molecule is O=C(O)CN(c1ccc(O)cc1)S(=O)(=O)c1ccc([N+](=O)[O-])cc1. The average Bonchev–Trinajstić information content (AvgIpc) is 2.53. The number of benzene rings is 2. The molecule has 0 spiro atoms. The maximum absolute atomic E-state index is 12.7. The molecular formula is C14H12N2O7S. The Hall–Kier alpha value is -3.14. The van der Waals surface area contributed by atoms with Crippen molar-refractivity contribution < 1.29 is 28.3 Å². The van der Waals surface area contributed by atoms with E-state index in [1.165, 1.54) is 24.3 Å². The van der Waals surface area contributed by atoms with E-state index in [0.717, 1.165) is 24.3 Å². The van der Waals surface area contributed by atoms with Gasteiger partial charge in [-0.2, -0.15) is 0 Å². The minimum atomic E-state index is -4.26. The second-order valence-corrected chi connectivity index (χ2v) is 6.54. The number of phenolic OH excluding ortho intramolecular Hbond substituents is 1. The van der Waals surface area contributed by atoms with Crippen LogP contribution in [0.1, 0.15) is 0 Å². The number of phenols is 1. The molecule has 9 nitrogen and oxygen atoms in total. The highest BCUT2D eigenvalue weighted by Gasteiger charge is 2.27. The molecule has 2 aromatic carbocycles. The van der Waals surface area contributed by atoms with Gasteiger partial charge in [0, 0.05) is 12.1 Å². The number of anilines is 1. The number of hydrogen-bond acceptors (Lipinski definition) is 6. The maximum atomic E-state index is 12.7. The van der Waals surface area contributed by atoms with Crippen molar-refractivity contribution in [1.29, 1.82) is 0 Å². The lowest BCUT2D eigenvalue weighted by Gasteiger charge is -2.22. The van der Waals surface area contributed by atoms with Crippen molar-refractivity contribution >= 4 is 27.4 Å². The number of carboxylic acid groups (broad SMARTS) is 1. The number of nitro benzene ring substituents is 1. The third kappa shape index (κ3) is 3.60. The van der Waals surface area contributed by atoms with Crippen LogP contribution in [-0.2, 0) is 14.8 Å². The second kappa shape index (κ2) is 6.54. The van der Waals surface area contributed by atoms with Crippen LogP contribution in [0.2, 0.25) is 0 Å². The first-order valence-electron chi connectivity index (χ1n) is 6.50. The number of hydrogen-bond donors (Lipinski definition) is 2. The van der Waals surface area contributed by atoms with Crippen LogP contribution in [0.4, 0.5) is 11.4 Å². The first-order valence-corrected chi connectivity index (χ1v) is 7.94. The number of aromatic hydroxyl groups is 1. The fraction of sp³-hybridized carbons (Fsp3) is 0.0714. The Labute approximate surface area is 136 Å². The van der Waals surface area contributed by atoms with Gasteiger partial charge in [-0.25, -0.2) is 8.42 Å². The molecule has 0 aliphatic carbocycles. The van der Waals surface area contributed by atoms with Crippen LogP contribution in [0, 0.1) is 10.1 Å². The highest BCUT2D eigenvalue weighted by molar-refractivity contribution is 7.92. The summed E-state index contributed by atoms with van der Waals surface area (Å²) in [4.78, 5) is 20.7. The lowest BCUT2D eigenvalue weighted by Crippen LogP contribution is -2.35. The third-order valence-electron chi connectivity index (χ3n) is 3.05. The summed E-state index contributed by atoms with van der Waals surface area (Å²) in [6, 6.07) is 9.03. The van der Waals surface area contributed by atoms with Gasteiger partial charge in [0.05, 0.1) is 15.5 Å². The normalized spacial score (nSPS) is 11.0. The van der Waals surface area contributed by atoms with E-state index >= 15 is 0 Å². The Morgan fingerprint density at radius 3 is 2.08 bits per heavy atom. The molecule has 10 heteroatoms. The van der Waals surface area contributed by atoms with Crippen LogP contribution < -0.4 is 4.31 Å². The van der Waals surface area contributed by atoms with E-state index < -0.39 is 27.5 Å². The van der Waals surface area contributed by atoms with Crippen molar-refractivity contribution in [2.45, 2.75) is 4.90 Å². The Morgan fingerprint density at radius 2 is 1.62 bits per heavy atom. The number of sulfonamides is 1. The number of carboxylic acids is 1. The zero-order valence-corrected chi connectivity index (χ0v) is 12.9. The number of aliphatic carboxylic acids is 1. The molecule has 2 aromatic rings. The van der Waals surface area contributed by atoms with Gasteiger partial charge in [0.25, 0.3) is 15.7 Å². The molecule has 0 aliphatic rings. The molecule has 24 heavy (non-hydrogen) atoms. The molecule has 0 fully saturated rings. The van der Waals surface area contributed by atoms with E-state index in [0.29, 0.717) is 4.31 Å². The fourth-order valence-electron chi connectivity index (χ4n) is 1.92. The van der Waals surface area contributed by atoms with Gasteiger partial charge in [0.2, 0.25) is 0 Å². The highest BCUT2D eigenvalue weighted by Crippen LogP contribution is 2.26. The topological polar surface area (TPSA) is 138 Å². The first kappa shape index (κ1) is 17.2. The smallest absolute Gasteiger partial charge is 0.324 e. The quantitative estimate of drug-likeness (QED) is 0.594. The zero-order valence-electron chi connectivity index (χ0n) is 12.1. The van der Waals surface area contributed by atoms with Crippen LogP contribution in [-0.4, -0.2) is 36.1 Å². The monoisotopic (exact) mass is 352 g/mol. The van der Waals surface area contributed by atoms with Crippen LogP contribution >= 0.6 is 0 Å². The van der Waals surface area contributed by atoms with E-state index in [1.54, 1.807) is 0 Å². The molecule has 0 saturated heterocycles. The molecule has 2 rings (SSSR count). The summed E-state index contributed by atoms with van der Waals surface area (Å²) in [7, 11) is -4.26. The van der Waals surface area contributed by atoms with Gasteiger partial charge >= 0.3 is 5.97 Å². The van der Waals surface area contributed by atoms with Crippen LogP contribution in [0.5, 0.6) is 5.75 Å². The molecule has 0 atom stereocenters. The lowest BCUT2D eigenvalue weighted by atomic mass is 10.3. The Balaban J connectivity index is 2.48. The average molecular weight is 352 g/mol. The van der Waals surface area contributed by atoms with Gasteiger partial charge < -0.3 is 10.2 Å². The van der Waals surface area contributed by atoms with Crippen molar-refractivity contribution in [3.05, 3.63) is 58.6 Å². The minimum absolute atomic E-state index is 0.0357. The van der Waals surface area contributed by atoms with E-state index in [-0.39, 0.29) is 22.0 Å². The van der Waals surface area contributed by atoms with Gasteiger partial charge in [0.15, 0.2) is 0 Å². The van der Waals surface area contributed by atoms with Crippen molar-refractivity contribution in [2.75, 3.05) is 10.8 Å². The van der Waals surface area contributed by atoms with Gasteiger partial charge in [-0.1, -0.05) is 0 Å². The summed E-state index contributed by atoms with van der Waals surface area (Å²) in [6.45, 7) is -0.843. The van der Waals surface area contributed by atoms with Gasteiger partial charge in [-0.05, 0) is 36.4 Å². The minimum Gasteiger partial charge on any atom is -0.508 e. The van der Waals surface area contributed by atoms with Gasteiger partial charge in [-0.15, -0.1) is 0 Å². The fourth-order valence-corrected chi connectivity index (χ4v) is 3.34. The van der Waals surface area contributed by atoms with Gasteiger partial charge in [0.1, 0.15) is 12.3 Å². The standard InChI is InChI=1S/C14H12N2O7S/c17-12-5-1-10(2-6-12)15(9-14(18)19)24(22,23)13-7-3-11(4-8-13)16(20)21/h1-8,17H,9H2,(H,18,19). The molecule has 2 N–H and O–H groups in total. The molecule has 0 bridgehead atoms. The lowest BCUT2D eigenvalue weighted by molar-refractivity contribution is -0.384. The zero-order chi connectivity index (χ0) is 17.9. The second-order valence-electron chi connectivity index (χ2n) is 4.67. The summed E-state index contributed by atoms with van der Waals surface area (Å²) in [5.74, 6) is -1.49. The summed E-state index contributed by atoms with van der Waals surface area (Å²) >= 11 is 0. The Kier molecular flexibility index (Phi) is 4.69. The van der Waals surface area contributed by atoms with Crippen LogP contribution in [0.25, 0.3) is 0 Å². The third-order valence-corrected chi connectivity index (χ3v) is 4.84. The Bertz CT molecular complexity index is 861. The van der Waals surface area contributed by atoms with E-state index in [2.05, 4.69) is 0 Å². The molecule has 0 saturated carbocycles. The summed E-state index contributed by atoms with van der Waals surface area (Å²) in [6.07, 6.45) is 0. The molecule has 0 radical (unpaired) electrons. The maximum Gasteiger partial charge on any atom is 0.324 e. The molecular weight excluding hydrogens is 340 g/mol. The van der Waals surface area contributed by atoms with Crippen LogP contribution in [0.15, 0.2) is 53.4 Å². The number of rotatable bonds is 6. The van der Waals surface area contributed by atoms with Crippen molar-refractivity contribution in [3.63, 3.8) is 0 Å². The van der Waals surface area contributed by atoms with Crippen molar-refractivity contribution in [3.8, 4) is 5.75 Å². The van der Waals surface area contributed by atoms with E-state index in [1.807, 2.05) is 0 Å². The van der Waals surface area contributed by atoms with E-state index in [9.17, 15) is 28.4 Å². The molecule has 0 unspecified atom stereocenters. The van der Waals surface area contributed by atoms with Gasteiger partial charge in [-0.3, -0.25) is 19.2 Å². The molecule has 0 amide bonds. The molecule has 126 valence electrons. The summed E-state index contributed by atoms with van der Waals surface area (Å²) in [5, 5.41) is 28.9. The number of nitro groups is 1.